The van der Waals surface area contributed by atoms with Crippen molar-refractivity contribution >= 4 is 27.5 Å². The number of aromatic nitrogens is 1. The number of aryl methyl sites for hydroxylation is 1. The molecule has 0 radical (unpaired) electrons. The van der Waals surface area contributed by atoms with Crippen molar-refractivity contribution < 1.29 is 17.6 Å². The number of amides is 1. The van der Waals surface area contributed by atoms with Gasteiger partial charge in [-0.25, -0.2) is 17.5 Å². The van der Waals surface area contributed by atoms with Crippen molar-refractivity contribution in [2.75, 3.05) is 13.1 Å². The van der Waals surface area contributed by atoms with Crippen LogP contribution in [0.4, 0.5) is 4.39 Å². The maximum Gasteiger partial charge on any atom is 0.253 e. The number of rotatable bonds is 8. The Kier molecular flexibility index (Phi) is 6.57. The van der Waals surface area contributed by atoms with E-state index in [0.29, 0.717) is 5.56 Å². The zero-order valence-corrected chi connectivity index (χ0v) is 15.2. The lowest BCUT2D eigenvalue weighted by molar-refractivity contribution is 0.0953. The molecule has 25 heavy (non-hydrogen) atoms. The smallest absolute Gasteiger partial charge is 0.253 e. The van der Waals surface area contributed by atoms with E-state index in [2.05, 4.69) is 15.0 Å². The topological polar surface area (TPSA) is 91.1 Å². The minimum Gasteiger partial charge on any atom is -0.364 e. The summed E-state index contributed by atoms with van der Waals surface area (Å²) in [7, 11) is -3.88. The third kappa shape index (κ3) is 5.04. The number of sulfonamides is 1. The van der Waals surface area contributed by atoms with Crippen molar-refractivity contribution in [2.45, 2.75) is 24.7 Å². The van der Waals surface area contributed by atoms with Crippen LogP contribution in [0.25, 0.3) is 0 Å². The zero-order valence-electron chi connectivity index (χ0n) is 13.6. The number of carbonyl (C=O) groups excluding carboxylic acids is 1. The molecule has 0 spiro atoms. The lowest BCUT2D eigenvalue weighted by atomic mass is 10.1. The zero-order chi connectivity index (χ0) is 18.4. The average molecular weight is 388 g/mol. The highest BCUT2D eigenvalue weighted by Crippen LogP contribution is 2.21. The molecule has 9 heteroatoms. The van der Waals surface area contributed by atoms with Gasteiger partial charge in [0.25, 0.3) is 5.91 Å². The van der Waals surface area contributed by atoms with E-state index in [-0.39, 0.29) is 28.9 Å². The summed E-state index contributed by atoms with van der Waals surface area (Å²) in [5, 5.41) is 2.45. The summed E-state index contributed by atoms with van der Waals surface area (Å²) in [5.74, 6) is -0.894. The van der Waals surface area contributed by atoms with Gasteiger partial charge < -0.3 is 10.3 Å². The molecule has 0 fully saturated rings. The first-order valence-corrected chi connectivity index (χ1v) is 9.60. The van der Waals surface area contributed by atoms with Crippen LogP contribution in [0.2, 0.25) is 5.02 Å². The molecule has 0 aliphatic heterocycles. The lowest BCUT2D eigenvalue weighted by Gasteiger charge is -2.09. The monoisotopic (exact) mass is 387 g/mol. The van der Waals surface area contributed by atoms with Gasteiger partial charge in [-0.3, -0.25) is 4.79 Å². The molecule has 0 aliphatic carbocycles. The van der Waals surface area contributed by atoms with E-state index in [9.17, 15) is 17.6 Å². The Hall–Kier alpha value is -1.90. The van der Waals surface area contributed by atoms with E-state index < -0.39 is 15.8 Å². The number of benzene rings is 1. The van der Waals surface area contributed by atoms with Gasteiger partial charge in [0.1, 0.15) is 10.7 Å². The Bertz CT molecular complexity index is 852. The number of hydrogen-bond acceptors (Lipinski definition) is 3. The van der Waals surface area contributed by atoms with Gasteiger partial charge in [0, 0.05) is 25.0 Å². The number of halogens is 2. The van der Waals surface area contributed by atoms with Crippen LogP contribution in [0, 0.1) is 5.82 Å². The molecule has 1 amide bonds. The Balaban J connectivity index is 1.89. The Morgan fingerprint density at radius 2 is 2.04 bits per heavy atom. The van der Waals surface area contributed by atoms with Crippen LogP contribution in [0.3, 0.4) is 0 Å². The fourth-order valence-corrected chi connectivity index (χ4v) is 3.86. The minimum atomic E-state index is -3.88. The third-order valence-electron chi connectivity index (χ3n) is 3.46. The second kappa shape index (κ2) is 8.46. The fraction of sp³-hybridized carbons (Fsp3) is 0.312. The van der Waals surface area contributed by atoms with Crippen molar-refractivity contribution in [2.24, 2.45) is 0 Å². The van der Waals surface area contributed by atoms with E-state index >= 15 is 0 Å². The first-order chi connectivity index (χ1) is 11.8. The molecular formula is C16H19ClFN3O3S. The minimum absolute atomic E-state index is 0.0185. The van der Waals surface area contributed by atoms with Gasteiger partial charge in [0.2, 0.25) is 10.0 Å². The summed E-state index contributed by atoms with van der Waals surface area (Å²) < 4.78 is 39.6. The highest BCUT2D eigenvalue weighted by Gasteiger charge is 2.18. The summed E-state index contributed by atoms with van der Waals surface area (Å²) in [6.45, 7) is 2.10. The molecular weight excluding hydrogens is 369 g/mol. The standard InChI is InChI=1S/C16H19ClFN3O3S/c1-2-3-14-12(6-7-19-14)16(22)20-8-9-21-25(23,24)15-5-4-11(18)10-13(15)17/h4-7,10,19,21H,2-3,8-9H2,1H3,(H,20,22). The number of aromatic amines is 1. The fourth-order valence-electron chi connectivity index (χ4n) is 2.30. The molecule has 0 aliphatic rings. The Morgan fingerprint density at radius 1 is 1.28 bits per heavy atom. The normalized spacial score (nSPS) is 11.5. The first-order valence-electron chi connectivity index (χ1n) is 7.74. The molecule has 2 rings (SSSR count). The van der Waals surface area contributed by atoms with Crippen molar-refractivity contribution in [3.63, 3.8) is 0 Å². The molecule has 2 aromatic rings. The van der Waals surface area contributed by atoms with E-state index in [1.165, 1.54) is 0 Å². The second-order valence-corrected chi connectivity index (χ2v) is 7.49. The van der Waals surface area contributed by atoms with E-state index in [1.54, 1.807) is 12.3 Å². The quantitative estimate of drug-likeness (QED) is 0.607. The summed E-state index contributed by atoms with van der Waals surface area (Å²) in [6.07, 6.45) is 3.35. The molecule has 136 valence electrons. The van der Waals surface area contributed by atoms with Crippen LogP contribution in [0.5, 0.6) is 0 Å². The van der Waals surface area contributed by atoms with Crippen LogP contribution in [0.15, 0.2) is 35.4 Å². The lowest BCUT2D eigenvalue weighted by Crippen LogP contribution is -2.35. The molecule has 1 aromatic carbocycles. The van der Waals surface area contributed by atoms with E-state index in [0.717, 1.165) is 36.7 Å². The van der Waals surface area contributed by atoms with E-state index in [4.69, 9.17) is 11.6 Å². The maximum atomic E-state index is 13.0. The third-order valence-corrected chi connectivity index (χ3v) is 5.41. The van der Waals surface area contributed by atoms with Gasteiger partial charge in [0.15, 0.2) is 0 Å². The van der Waals surface area contributed by atoms with Crippen molar-refractivity contribution in [3.8, 4) is 0 Å². The van der Waals surface area contributed by atoms with Crippen LogP contribution in [-0.4, -0.2) is 32.4 Å². The van der Waals surface area contributed by atoms with Crippen LogP contribution in [-0.2, 0) is 16.4 Å². The predicted molar refractivity (Wildman–Crippen MR) is 93.7 cm³/mol. The molecule has 0 unspecified atom stereocenters. The Morgan fingerprint density at radius 3 is 2.72 bits per heavy atom. The first kappa shape index (κ1) is 19.4. The van der Waals surface area contributed by atoms with E-state index in [1.807, 2.05) is 6.92 Å². The van der Waals surface area contributed by atoms with Gasteiger partial charge in [0.05, 0.1) is 10.6 Å². The van der Waals surface area contributed by atoms with Crippen LogP contribution < -0.4 is 10.0 Å². The summed E-state index contributed by atoms with van der Waals surface area (Å²) in [6, 6.07) is 4.72. The summed E-state index contributed by atoms with van der Waals surface area (Å²) >= 11 is 5.76. The summed E-state index contributed by atoms with van der Waals surface area (Å²) in [5.41, 5.74) is 1.39. The van der Waals surface area contributed by atoms with Crippen molar-refractivity contribution in [1.29, 1.82) is 0 Å². The second-order valence-electron chi connectivity index (χ2n) is 5.35. The Labute approximate surface area is 150 Å². The molecule has 0 bridgehead atoms. The van der Waals surface area contributed by atoms with Gasteiger partial charge in [-0.05, 0) is 30.7 Å². The molecule has 0 atom stereocenters. The van der Waals surface area contributed by atoms with Gasteiger partial charge in [-0.15, -0.1) is 0 Å². The highest BCUT2D eigenvalue weighted by molar-refractivity contribution is 7.89. The van der Waals surface area contributed by atoms with Crippen molar-refractivity contribution in [3.05, 3.63) is 52.6 Å². The van der Waals surface area contributed by atoms with Gasteiger partial charge in [-0.2, -0.15) is 0 Å². The van der Waals surface area contributed by atoms with Crippen LogP contribution in [0.1, 0.15) is 29.4 Å². The van der Waals surface area contributed by atoms with Crippen LogP contribution >= 0.6 is 11.6 Å². The average Bonchev–Trinajstić information content (AvgIpc) is 3.00. The number of nitrogens with one attached hydrogen (secondary N) is 3. The molecule has 0 saturated heterocycles. The predicted octanol–water partition coefficient (Wildman–Crippen LogP) is 2.47. The number of H-pyrrole nitrogens is 1. The molecule has 1 heterocycles. The SMILES string of the molecule is CCCc1[nH]ccc1C(=O)NCCNS(=O)(=O)c1ccc(F)cc1Cl. The largest absolute Gasteiger partial charge is 0.364 e. The van der Waals surface area contributed by atoms with Gasteiger partial charge in [-0.1, -0.05) is 24.9 Å². The number of carbonyl (C=O) groups is 1. The van der Waals surface area contributed by atoms with Gasteiger partial charge >= 0.3 is 0 Å². The molecule has 6 nitrogen and oxygen atoms in total. The highest BCUT2D eigenvalue weighted by atomic mass is 35.5. The maximum absolute atomic E-state index is 13.0. The molecule has 0 saturated carbocycles. The van der Waals surface area contributed by atoms with Crippen molar-refractivity contribution in [1.82, 2.24) is 15.0 Å². The molecule has 1 aromatic heterocycles. The number of hydrogen-bond donors (Lipinski definition) is 3. The summed E-state index contributed by atoms with van der Waals surface area (Å²) in [4.78, 5) is 14.9. The molecule has 3 N–H and O–H groups in total.